The molecule has 0 fully saturated rings. The number of hydrogen-bond donors (Lipinski definition) is 0. The number of ether oxygens (including phenoxy) is 2. The number of carbonyl (C=O) groups excluding carboxylic acids is 2. The number of methoxy groups -OCH3 is 1. The second-order valence-electron chi connectivity index (χ2n) is 7.44. The van der Waals surface area contributed by atoms with Gasteiger partial charge in [-0.15, -0.1) is 0 Å². The van der Waals surface area contributed by atoms with Gasteiger partial charge in [0, 0.05) is 11.1 Å². The van der Waals surface area contributed by atoms with Crippen molar-refractivity contribution in [1.82, 2.24) is 0 Å². The summed E-state index contributed by atoms with van der Waals surface area (Å²) in [5, 5.41) is 0. The molecule has 0 heterocycles. The zero-order valence-corrected chi connectivity index (χ0v) is 18.3. The van der Waals surface area contributed by atoms with Gasteiger partial charge in [-0.3, -0.25) is 4.79 Å². The van der Waals surface area contributed by atoms with E-state index in [1.807, 2.05) is 87.5 Å². The zero-order valence-electron chi connectivity index (χ0n) is 18.3. The summed E-state index contributed by atoms with van der Waals surface area (Å²) in [6.07, 6.45) is 1.73. The minimum Gasteiger partial charge on any atom is -0.496 e. The minimum absolute atomic E-state index is 0.215. The van der Waals surface area contributed by atoms with Gasteiger partial charge in [-0.1, -0.05) is 66.2 Å². The standard InChI is InChI=1S/C27H26O4/c1-18-14-19(2)26(20(3)15-18)24(28)17-31-27(29)23(21-10-6-5-7-11-21)16-22-12-8-9-13-25(22)30-4/h5-16H,17H2,1-4H3/b23-16-. The number of esters is 1. The molecular weight excluding hydrogens is 388 g/mol. The van der Waals surface area contributed by atoms with Crippen molar-refractivity contribution in [3.8, 4) is 5.75 Å². The van der Waals surface area contributed by atoms with Gasteiger partial charge in [0.25, 0.3) is 0 Å². The summed E-state index contributed by atoms with van der Waals surface area (Å²) in [4.78, 5) is 25.8. The van der Waals surface area contributed by atoms with Crippen LogP contribution in [0.1, 0.15) is 38.2 Å². The molecular formula is C27H26O4. The van der Waals surface area contributed by atoms with Crippen LogP contribution in [0.25, 0.3) is 11.6 Å². The zero-order chi connectivity index (χ0) is 22.4. The summed E-state index contributed by atoms with van der Waals surface area (Å²) >= 11 is 0. The molecule has 0 saturated carbocycles. The van der Waals surface area contributed by atoms with E-state index >= 15 is 0 Å². The molecule has 0 N–H and O–H groups in total. The second kappa shape index (κ2) is 9.90. The van der Waals surface area contributed by atoms with Crippen LogP contribution in [0.4, 0.5) is 0 Å². The second-order valence-corrected chi connectivity index (χ2v) is 7.44. The first-order chi connectivity index (χ1) is 14.9. The predicted molar refractivity (Wildman–Crippen MR) is 123 cm³/mol. The maximum atomic E-state index is 13.0. The van der Waals surface area contributed by atoms with Crippen LogP contribution in [0.5, 0.6) is 5.75 Å². The van der Waals surface area contributed by atoms with E-state index in [1.54, 1.807) is 13.2 Å². The van der Waals surface area contributed by atoms with Gasteiger partial charge >= 0.3 is 5.97 Å². The molecule has 0 atom stereocenters. The SMILES string of the molecule is COc1ccccc1/C=C(\C(=O)OCC(=O)c1c(C)cc(C)cc1C)c1ccccc1. The number of ketones is 1. The largest absolute Gasteiger partial charge is 0.496 e. The molecule has 158 valence electrons. The average molecular weight is 415 g/mol. The lowest BCUT2D eigenvalue weighted by atomic mass is 9.97. The van der Waals surface area contributed by atoms with Crippen molar-refractivity contribution in [2.75, 3.05) is 13.7 Å². The lowest BCUT2D eigenvalue weighted by Gasteiger charge is -2.12. The minimum atomic E-state index is -0.562. The van der Waals surface area contributed by atoms with E-state index in [9.17, 15) is 9.59 Å². The van der Waals surface area contributed by atoms with Crippen LogP contribution >= 0.6 is 0 Å². The van der Waals surface area contributed by atoms with Crippen LogP contribution in [0.3, 0.4) is 0 Å². The molecule has 4 heteroatoms. The van der Waals surface area contributed by atoms with E-state index in [-0.39, 0.29) is 12.4 Å². The number of Topliss-reactive ketones (excluding diaryl/α,β-unsaturated/α-hetero) is 1. The fraction of sp³-hybridized carbons (Fsp3) is 0.185. The molecule has 3 rings (SSSR count). The Morgan fingerprint density at radius 3 is 2.13 bits per heavy atom. The number of rotatable bonds is 7. The Balaban J connectivity index is 1.88. The molecule has 3 aromatic rings. The van der Waals surface area contributed by atoms with Crippen molar-refractivity contribution in [1.29, 1.82) is 0 Å². The molecule has 0 amide bonds. The fourth-order valence-electron chi connectivity index (χ4n) is 3.72. The first kappa shape index (κ1) is 22.0. The Morgan fingerprint density at radius 1 is 0.871 bits per heavy atom. The average Bonchev–Trinajstić information content (AvgIpc) is 2.76. The Bertz CT molecular complexity index is 1100. The molecule has 4 nitrogen and oxygen atoms in total. The van der Waals surface area contributed by atoms with Gasteiger partial charge in [0.05, 0.1) is 12.7 Å². The molecule has 0 unspecified atom stereocenters. The smallest absolute Gasteiger partial charge is 0.339 e. The molecule has 3 aromatic carbocycles. The summed E-state index contributed by atoms with van der Waals surface area (Å²) in [6, 6.07) is 20.6. The van der Waals surface area contributed by atoms with E-state index < -0.39 is 5.97 Å². The highest BCUT2D eigenvalue weighted by molar-refractivity contribution is 6.22. The third-order valence-corrected chi connectivity index (χ3v) is 5.03. The van der Waals surface area contributed by atoms with Crippen LogP contribution in [-0.4, -0.2) is 25.5 Å². The maximum absolute atomic E-state index is 13.0. The van der Waals surface area contributed by atoms with Crippen LogP contribution in [0.15, 0.2) is 66.7 Å². The number of benzene rings is 3. The lowest BCUT2D eigenvalue weighted by Crippen LogP contribution is -2.17. The summed E-state index contributed by atoms with van der Waals surface area (Å²) in [6.45, 7) is 5.46. The van der Waals surface area contributed by atoms with Gasteiger partial charge < -0.3 is 9.47 Å². The normalized spacial score (nSPS) is 11.2. The van der Waals surface area contributed by atoms with Gasteiger partial charge in [0.2, 0.25) is 5.78 Å². The van der Waals surface area contributed by atoms with Gasteiger partial charge in [-0.25, -0.2) is 4.79 Å². The highest BCUT2D eigenvalue weighted by atomic mass is 16.5. The lowest BCUT2D eigenvalue weighted by molar-refractivity contribution is -0.135. The number of aryl methyl sites for hydroxylation is 3. The third kappa shape index (κ3) is 5.28. The van der Waals surface area contributed by atoms with Crippen molar-refractivity contribution in [2.45, 2.75) is 20.8 Å². The predicted octanol–water partition coefficient (Wildman–Crippen LogP) is 5.59. The summed E-state index contributed by atoms with van der Waals surface area (Å²) in [5.41, 5.74) is 5.27. The Morgan fingerprint density at radius 2 is 1.48 bits per heavy atom. The topological polar surface area (TPSA) is 52.6 Å². The first-order valence-corrected chi connectivity index (χ1v) is 10.1. The monoisotopic (exact) mass is 414 g/mol. The van der Waals surface area contributed by atoms with Crippen molar-refractivity contribution >= 4 is 23.4 Å². The van der Waals surface area contributed by atoms with E-state index in [1.165, 1.54) is 0 Å². The summed E-state index contributed by atoms with van der Waals surface area (Å²) in [5.74, 6) is -0.133. The highest BCUT2D eigenvalue weighted by Crippen LogP contribution is 2.26. The summed E-state index contributed by atoms with van der Waals surface area (Å²) in [7, 11) is 1.58. The van der Waals surface area contributed by atoms with Crippen LogP contribution in [0.2, 0.25) is 0 Å². The number of hydrogen-bond acceptors (Lipinski definition) is 4. The molecule has 0 saturated heterocycles. The number of carbonyl (C=O) groups is 2. The quantitative estimate of drug-likeness (QED) is 0.219. The van der Waals surface area contributed by atoms with Crippen molar-refractivity contribution in [2.24, 2.45) is 0 Å². The van der Waals surface area contributed by atoms with Gasteiger partial charge in [-0.05, 0) is 49.6 Å². The van der Waals surface area contributed by atoms with Crippen molar-refractivity contribution < 1.29 is 19.1 Å². The molecule has 0 aliphatic rings. The van der Waals surface area contributed by atoms with Crippen LogP contribution in [0, 0.1) is 20.8 Å². The molecule has 0 radical (unpaired) electrons. The van der Waals surface area contributed by atoms with E-state index in [4.69, 9.17) is 9.47 Å². The fourth-order valence-corrected chi connectivity index (χ4v) is 3.72. The molecule has 0 aliphatic carbocycles. The van der Waals surface area contributed by atoms with Gasteiger partial charge in [0.1, 0.15) is 5.75 Å². The van der Waals surface area contributed by atoms with E-state index in [0.29, 0.717) is 22.4 Å². The van der Waals surface area contributed by atoms with Crippen LogP contribution < -0.4 is 4.74 Å². The maximum Gasteiger partial charge on any atom is 0.339 e. The summed E-state index contributed by atoms with van der Waals surface area (Å²) < 4.78 is 10.9. The van der Waals surface area contributed by atoms with Gasteiger partial charge in [0.15, 0.2) is 6.61 Å². The van der Waals surface area contributed by atoms with E-state index in [2.05, 4.69) is 0 Å². The van der Waals surface area contributed by atoms with Gasteiger partial charge in [-0.2, -0.15) is 0 Å². The molecule has 0 bridgehead atoms. The third-order valence-electron chi connectivity index (χ3n) is 5.03. The Labute approximate surface area is 183 Å². The van der Waals surface area contributed by atoms with Crippen molar-refractivity contribution in [3.05, 3.63) is 100 Å². The van der Waals surface area contributed by atoms with Crippen molar-refractivity contribution in [3.63, 3.8) is 0 Å². The van der Waals surface area contributed by atoms with E-state index in [0.717, 1.165) is 22.3 Å². The molecule has 0 aromatic heterocycles. The first-order valence-electron chi connectivity index (χ1n) is 10.1. The van der Waals surface area contributed by atoms with Crippen LogP contribution in [-0.2, 0) is 9.53 Å². The Hall–Kier alpha value is -3.66. The Kier molecular flexibility index (Phi) is 7.03. The molecule has 0 aliphatic heterocycles. The highest BCUT2D eigenvalue weighted by Gasteiger charge is 2.19. The number of para-hydroxylation sites is 1. The molecule has 0 spiro atoms. The molecule has 31 heavy (non-hydrogen) atoms.